The highest BCUT2D eigenvalue weighted by Gasteiger charge is 2.26. The van der Waals surface area contributed by atoms with Crippen molar-refractivity contribution < 1.29 is 9.53 Å². The summed E-state index contributed by atoms with van der Waals surface area (Å²) < 4.78 is 7.89. The molecule has 3 rings (SSSR count). The summed E-state index contributed by atoms with van der Waals surface area (Å²) in [5.74, 6) is 0.518. The van der Waals surface area contributed by atoms with E-state index >= 15 is 0 Å². The lowest BCUT2D eigenvalue weighted by Gasteiger charge is -2.28. The van der Waals surface area contributed by atoms with E-state index in [2.05, 4.69) is 19.9 Å². The fourth-order valence-corrected chi connectivity index (χ4v) is 3.09. The number of anilines is 1. The fraction of sp³-hybridized carbons (Fsp3) is 0.611. The fourth-order valence-electron chi connectivity index (χ4n) is 3.09. The van der Waals surface area contributed by atoms with Gasteiger partial charge in [-0.2, -0.15) is 0 Å². The monoisotopic (exact) mass is 330 g/mol. The van der Waals surface area contributed by atoms with E-state index in [4.69, 9.17) is 4.74 Å². The highest BCUT2D eigenvalue weighted by molar-refractivity contribution is 5.91. The van der Waals surface area contributed by atoms with Gasteiger partial charge in [-0.3, -0.25) is 14.7 Å². The van der Waals surface area contributed by atoms with Crippen LogP contribution >= 0.6 is 0 Å². The number of carbonyl (C=O) groups excluding carboxylic acids is 1. The second-order valence-corrected chi connectivity index (χ2v) is 7.53. The number of hydrogen-bond donors (Lipinski definition) is 1. The lowest BCUT2D eigenvalue weighted by atomic mass is 9.93. The van der Waals surface area contributed by atoms with Crippen molar-refractivity contribution in [2.75, 3.05) is 5.32 Å². The first-order chi connectivity index (χ1) is 11.3. The van der Waals surface area contributed by atoms with E-state index in [1.165, 1.54) is 6.42 Å². The van der Waals surface area contributed by atoms with Crippen molar-refractivity contribution in [3.8, 4) is 0 Å². The molecule has 0 aliphatic heterocycles. The molecule has 24 heavy (non-hydrogen) atoms. The molecule has 2 aromatic heterocycles. The lowest BCUT2D eigenvalue weighted by Crippen LogP contribution is -2.29. The summed E-state index contributed by atoms with van der Waals surface area (Å²) in [6.07, 6.45) is 5.34. The van der Waals surface area contributed by atoms with Crippen LogP contribution in [-0.2, 0) is 9.53 Å². The van der Waals surface area contributed by atoms with Gasteiger partial charge in [0.15, 0.2) is 5.65 Å². The minimum atomic E-state index is -0.261. The number of carbonyl (C=O) groups is 1. The van der Waals surface area contributed by atoms with Crippen molar-refractivity contribution in [2.45, 2.75) is 71.1 Å². The Balaban J connectivity index is 1.76. The van der Waals surface area contributed by atoms with Crippen molar-refractivity contribution in [1.82, 2.24) is 14.5 Å². The topological polar surface area (TPSA) is 69.0 Å². The predicted octanol–water partition coefficient (Wildman–Crippen LogP) is 3.69. The Bertz CT molecular complexity index is 728. The number of aromatic nitrogens is 3. The number of nitrogens with one attached hydrogen (secondary N) is 1. The Morgan fingerprint density at radius 3 is 2.83 bits per heavy atom. The third-order valence-electron chi connectivity index (χ3n) is 4.17. The van der Waals surface area contributed by atoms with E-state index in [-0.39, 0.29) is 17.6 Å². The zero-order valence-electron chi connectivity index (χ0n) is 14.9. The quantitative estimate of drug-likeness (QED) is 0.908. The minimum absolute atomic E-state index is 0.0809. The van der Waals surface area contributed by atoms with E-state index in [0.29, 0.717) is 18.4 Å². The number of ether oxygens (including phenoxy) is 1. The molecule has 1 aliphatic carbocycles. The molecule has 0 saturated heterocycles. The lowest BCUT2D eigenvalue weighted by molar-refractivity contribution is -0.121. The SMILES string of the molecule is C[C@H](CC(=O)Nc1nc2cccnc2n1C1CCC1)OC(C)(C)C. The van der Waals surface area contributed by atoms with Crippen LogP contribution in [0.4, 0.5) is 5.95 Å². The molecule has 1 amide bonds. The zero-order valence-corrected chi connectivity index (χ0v) is 14.9. The summed E-state index contributed by atoms with van der Waals surface area (Å²) in [5, 5.41) is 2.96. The summed E-state index contributed by atoms with van der Waals surface area (Å²) in [6.45, 7) is 7.89. The van der Waals surface area contributed by atoms with Crippen molar-refractivity contribution in [3.63, 3.8) is 0 Å². The second kappa shape index (κ2) is 6.51. The van der Waals surface area contributed by atoms with Crippen LogP contribution < -0.4 is 5.32 Å². The molecule has 0 spiro atoms. The van der Waals surface area contributed by atoms with E-state index < -0.39 is 0 Å². The average molecular weight is 330 g/mol. The summed E-state index contributed by atoms with van der Waals surface area (Å²) in [7, 11) is 0. The molecule has 0 radical (unpaired) electrons. The zero-order chi connectivity index (χ0) is 17.3. The maximum absolute atomic E-state index is 12.4. The van der Waals surface area contributed by atoms with Crippen LogP contribution in [0.25, 0.3) is 11.2 Å². The number of pyridine rings is 1. The number of amides is 1. The molecule has 0 unspecified atom stereocenters. The van der Waals surface area contributed by atoms with Gasteiger partial charge in [0.25, 0.3) is 0 Å². The number of rotatable bonds is 5. The third kappa shape index (κ3) is 3.75. The molecule has 2 heterocycles. The van der Waals surface area contributed by atoms with Crippen LogP contribution in [-0.4, -0.2) is 32.1 Å². The number of hydrogen-bond acceptors (Lipinski definition) is 4. The molecule has 6 nitrogen and oxygen atoms in total. The normalized spacial score (nSPS) is 16.8. The van der Waals surface area contributed by atoms with Crippen molar-refractivity contribution >= 4 is 23.0 Å². The van der Waals surface area contributed by atoms with Crippen LogP contribution in [0.1, 0.15) is 59.4 Å². The van der Waals surface area contributed by atoms with Gasteiger partial charge in [-0.15, -0.1) is 0 Å². The molecule has 130 valence electrons. The Kier molecular flexibility index (Phi) is 4.58. The number of nitrogens with zero attached hydrogens (tertiary/aromatic N) is 3. The molecule has 0 bridgehead atoms. The standard InChI is InChI=1S/C18H26N4O2/c1-12(24-18(2,3)4)11-15(23)21-17-20-14-9-6-10-19-16(14)22(17)13-7-5-8-13/h6,9-10,12-13H,5,7-8,11H2,1-4H3,(H,20,21,23)/t12-/m1/s1. The maximum Gasteiger partial charge on any atom is 0.229 e. The third-order valence-corrected chi connectivity index (χ3v) is 4.17. The van der Waals surface area contributed by atoms with Gasteiger partial charge in [-0.05, 0) is 59.1 Å². The maximum atomic E-state index is 12.4. The molecule has 1 aliphatic rings. The molecule has 1 atom stereocenters. The summed E-state index contributed by atoms with van der Waals surface area (Å²) in [4.78, 5) is 21.4. The van der Waals surface area contributed by atoms with Gasteiger partial charge in [-0.1, -0.05) is 0 Å². The Hall–Kier alpha value is -1.95. The summed E-state index contributed by atoms with van der Waals surface area (Å²) >= 11 is 0. The molecule has 6 heteroatoms. The van der Waals surface area contributed by atoms with Crippen LogP contribution in [0.15, 0.2) is 18.3 Å². The first kappa shape index (κ1) is 16.9. The first-order valence-corrected chi connectivity index (χ1v) is 8.64. The van der Waals surface area contributed by atoms with Crippen molar-refractivity contribution in [1.29, 1.82) is 0 Å². The van der Waals surface area contributed by atoms with E-state index in [1.54, 1.807) is 6.20 Å². The van der Waals surface area contributed by atoms with Gasteiger partial charge in [0.1, 0.15) is 5.52 Å². The van der Waals surface area contributed by atoms with Crippen LogP contribution in [0.2, 0.25) is 0 Å². The predicted molar refractivity (Wildman–Crippen MR) is 94.0 cm³/mol. The smallest absolute Gasteiger partial charge is 0.229 e. The van der Waals surface area contributed by atoms with Crippen LogP contribution in [0.5, 0.6) is 0 Å². The van der Waals surface area contributed by atoms with E-state index in [0.717, 1.165) is 24.0 Å². The molecular weight excluding hydrogens is 304 g/mol. The summed E-state index contributed by atoms with van der Waals surface area (Å²) in [6, 6.07) is 4.17. The van der Waals surface area contributed by atoms with Gasteiger partial charge in [0, 0.05) is 12.2 Å². The summed E-state index contributed by atoms with van der Waals surface area (Å²) in [5.41, 5.74) is 1.40. The van der Waals surface area contributed by atoms with Crippen LogP contribution in [0, 0.1) is 0 Å². The van der Waals surface area contributed by atoms with Crippen LogP contribution in [0.3, 0.4) is 0 Å². The van der Waals surface area contributed by atoms with E-state index in [9.17, 15) is 4.79 Å². The Morgan fingerprint density at radius 2 is 2.21 bits per heavy atom. The van der Waals surface area contributed by atoms with Crippen molar-refractivity contribution in [2.24, 2.45) is 0 Å². The Morgan fingerprint density at radius 1 is 1.46 bits per heavy atom. The number of imidazole rings is 1. The van der Waals surface area contributed by atoms with Crippen molar-refractivity contribution in [3.05, 3.63) is 18.3 Å². The Labute approximate surface area is 142 Å². The molecule has 1 fully saturated rings. The molecular formula is C18H26N4O2. The van der Waals surface area contributed by atoms with E-state index in [1.807, 2.05) is 39.8 Å². The second-order valence-electron chi connectivity index (χ2n) is 7.53. The largest absolute Gasteiger partial charge is 0.372 e. The molecule has 1 N–H and O–H groups in total. The average Bonchev–Trinajstić information content (AvgIpc) is 2.73. The highest BCUT2D eigenvalue weighted by Crippen LogP contribution is 2.36. The van der Waals surface area contributed by atoms with Gasteiger partial charge in [0.2, 0.25) is 11.9 Å². The molecule has 1 saturated carbocycles. The minimum Gasteiger partial charge on any atom is -0.372 e. The number of fused-ring (bicyclic) bond motifs is 1. The first-order valence-electron chi connectivity index (χ1n) is 8.64. The molecule has 2 aromatic rings. The van der Waals surface area contributed by atoms with Gasteiger partial charge in [-0.25, -0.2) is 9.97 Å². The molecule has 0 aromatic carbocycles. The van der Waals surface area contributed by atoms with Gasteiger partial charge in [0.05, 0.1) is 18.1 Å². The highest BCUT2D eigenvalue weighted by atomic mass is 16.5. The van der Waals surface area contributed by atoms with Gasteiger partial charge < -0.3 is 4.74 Å². The van der Waals surface area contributed by atoms with Gasteiger partial charge >= 0.3 is 0 Å².